The lowest BCUT2D eigenvalue weighted by Crippen LogP contribution is -2.06. The molecule has 4 heteroatoms. The molecule has 2 atom stereocenters. The predicted molar refractivity (Wildman–Crippen MR) is 60.1 cm³/mol. The topological polar surface area (TPSA) is 42.4 Å². The highest BCUT2D eigenvalue weighted by Gasteiger charge is 2.24. The molecule has 0 spiro atoms. The lowest BCUT2D eigenvalue weighted by molar-refractivity contribution is 0.0761. The monoisotopic (exact) mass is 227 g/mol. The third-order valence-corrected chi connectivity index (χ3v) is 4.06. The number of aliphatic hydroxyl groups is 1. The average Bonchev–Trinajstić information content (AvgIpc) is 2.63. The normalized spacial score (nSPS) is 22.5. The van der Waals surface area contributed by atoms with Crippen LogP contribution < -0.4 is 0 Å². The number of aryl methyl sites for hydroxylation is 1. The van der Waals surface area contributed by atoms with Crippen LogP contribution in [0, 0.1) is 0 Å². The molecule has 1 aromatic rings. The fraction of sp³-hybridized carbons (Fsp3) is 0.727. The van der Waals surface area contributed by atoms with Crippen LogP contribution in [0.25, 0.3) is 0 Å². The molecule has 0 aliphatic heterocycles. The third kappa shape index (κ3) is 2.22. The molecule has 3 nitrogen and oxygen atoms in total. The summed E-state index contributed by atoms with van der Waals surface area (Å²) in [7, 11) is 0. The van der Waals surface area contributed by atoms with Gasteiger partial charge in [-0.15, -0.1) is 11.3 Å². The van der Waals surface area contributed by atoms with Crippen LogP contribution in [0.15, 0.2) is 0 Å². The van der Waals surface area contributed by atoms with Crippen LogP contribution >= 0.6 is 11.3 Å². The zero-order chi connectivity index (χ0) is 10.8. The summed E-state index contributed by atoms with van der Waals surface area (Å²) < 4.78 is 5.51. The van der Waals surface area contributed by atoms with Gasteiger partial charge in [-0.3, -0.25) is 0 Å². The van der Waals surface area contributed by atoms with Gasteiger partial charge in [0.25, 0.3) is 0 Å². The molecular formula is C11H17NO2S. The molecule has 0 bridgehead atoms. The molecule has 1 N–H and O–H groups in total. The molecule has 15 heavy (non-hydrogen) atoms. The van der Waals surface area contributed by atoms with Gasteiger partial charge in [-0.2, -0.15) is 0 Å². The highest BCUT2D eigenvalue weighted by Crippen LogP contribution is 2.36. The molecule has 0 saturated carbocycles. The Hall–Kier alpha value is -0.450. The number of thiazole rings is 1. The van der Waals surface area contributed by atoms with E-state index >= 15 is 0 Å². The average molecular weight is 227 g/mol. The van der Waals surface area contributed by atoms with Crippen molar-refractivity contribution in [3.63, 3.8) is 0 Å². The van der Waals surface area contributed by atoms with Crippen LogP contribution in [-0.4, -0.2) is 16.7 Å². The quantitative estimate of drug-likeness (QED) is 0.863. The second-order valence-electron chi connectivity index (χ2n) is 3.87. The summed E-state index contributed by atoms with van der Waals surface area (Å²) in [6, 6.07) is 0. The fourth-order valence-corrected chi connectivity index (χ4v) is 3.05. The number of aromatic nitrogens is 1. The third-order valence-electron chi connectivity index (χ3n) is 2.70. The smallest absolute Gasteiger partial charge is 0.122 e. The Morgan fingerprint density at radius 3 is 3.13 bits per heavy atom. The summed E-state index contributed by atoms with van der Waals surface area (Å²) in [5, 5.41) is 10.8. The molecule has 2 unspecified atom stereocenters. The molecule has 1 heterocycles. The number of rotatable bonds is 3. The second kappa shape index (κ2) is 4.60. The number of ether oxygens (including phenoxy) is 1. The molecule has 0 radical (unpaired) electrons. The van der Waals surface area contributed by atoms with Gasteiger partial charge in [0, 0.05) is 6.61 Å². The highest BCUT2D eigenvalue weighted by atomic mass is 32.1. The Morgan fingerprint density at radius 1 is 1.67 bits per heavy atom. The molecular weight excluding hydrogens is 210 g/mol. The maximum atomic E-state index is 9.82. The number of hydrogen-bond acceptors (Lipinski definition) is 4. The lowest BCUT2D eigenvalue weighted by Gasteiger charge is -2.14. The van der Waals surface area contributed by atoms with Gasteiger partial charge in [-0.1, -0.05) is 0 Å². The first-order chi connectivity index (χ1) is 7.22. The van der Waals surface area contributed by atoms with Gasteiger partial charge < -0.3 is 9.84 Å². The second-order valence-corrected chi connectivity index (χ2v) is 4.93. The minimum atomic E-state index is -0.297. The maximum absolute atomic E-state index is 9.82. The van der Waals surface area contributed by atoms with Crippen LogP contribution in [0.5, 0.6) is 0 Å². The molecule has 0 aromatic carbocycles. The van der Waals surface area contributed by atoms with Crippen molar-refractivity contribution in [2.45, 2.75) is 45.3 Å². The van der Waals surface area contributed by atoms with Crippen molar-refractivity contribution in [2.75, 3.05) is 6.61 Å². The molecule has 84 valence electrons. The van der Waals surface area contributed by atoms with E-state index in [0.29, 0.717) is 6.61 Å². The number of aliphatic hydroxyl groups excluding tert-OH is 1. The van der Waals surface area contributed by atoms with E-state index < -0.39 is 0 Å². The summed E-state index contributed by atoms with van der Waals surface area (Å²) in [5.74, 6) is 0. The molecule has 1 aliphatic rings. The van der Waals surface area contributed by atoms with Gasteiger partial charge in [0.2, 0.25) is 0 Å². The molecule has 0 amide bonds. The van der Waals surface area contributed by atoms with E-state index in [1.54, 1.807) is 11.3 Å². The summed E-state index contributed by atoms with van der Waals surface area (Å²) in [6.45, 7) is 4.70. The molecule has 0 saturated heterocycles. The van der Waals surface area contributed by atoms with Crippen molar-refractivity contribution >= 4 is 11.3 Å². The van der Waals surface area contributed by atoms with Gasteiger partial charge in [-0.05, 0) is 33.1 Å². The first kappa shape index (κ1) is 11.0. The van der Waals surface area contributed by atoms with Gasteiger partial charge in [-0.25, -0.2) is 4.98 Å². The minimum Gasteiger partial charge on any atom is -0.388 e. The van der Waals surface area contributed by atoms with Gasteiger partial charge in [0.1, 0.15) is 11.1 Å². The number of hydrogen-bond donors (Lipinski definition) is 1. The predicted octanol–water partition coefficient (Wildman–Crippen LogP) is 2.61. The Morgan fingerprint density at radius 2 is 2.47 bits per heavy atom. The Bertz CT molecular complexity index is 337. The van der Waals surface area contributed by atoms with E-state index in [1.807, 2.05) is 13.8 Å². The number of nitrogens with zero attached hydrogens (tertiary/aromatic N) is 1. The van der Waals surface area contributed by atoms with Gasteiger partial charge in [0.05, 0.1) is 16.7 Å². The van der Waals surface area contributed by atoms with Crippen molar-refractivity contribution in [1.29, 1.82) is 0 Å². The fourth-order valence-electron chi connectivity index (χ4n) is 1.91. The van der Waals surface area contributed by atoms with E-state index in [-0.39, 0.29) is 12.2 Å². The van der Waals surface area contributed by atoms with Crippen LogP contribution in [0.4, 0.5) is 0 Å². The molecule has 1 aliphatic carbocycles. The molecule has 0 fully saturated rings. The zero-order valence-corrected chi connectivity index (χ0v) is 10.0. The van der Waals surface area contributed by atoms with Crippen LogP contribution in [0.2, 0.25) is 0 Å². The first-order valence-electron chi connectivity index (χ1n) is 5.51. The van der Waals surface area contributed by atoms with Gasteiger partial charge >= 0.3 is 0 Å². The van der Waals surface area contributed by atoms with E-state index in [9.17, 15) is 5.11 Å². The van der Waals surface area contributed by atoms with Gasteiger partial charge in [0.15, 0.2) is 0 Å². The van der Waals surface area contributed by atoms with Crippen LogP contribution in [0.1, 0.15) is 54.5 Å². The van der Waals surface area contributed by atoms with Crippen molar-refractivity contribution in [2.24, 2.45) is 0 Å². The van der Waals surface area contributed by atoms with Crippen LogP contribution in [0.3, 0.4) is 0 Å². The Balaban J connectivity index is 2.21. The van der Waals surface area contributed by atoms with E-state index in [2.05, 4.69) is 4.98 Å². The van der Waals surface area contributed by atoms with Crippen molar-refractivity contribution in [3.05, 3.63) is 15.6 Å². The Labute approximate surface area is 94.1 Å². The van der Waals surface area contributed by atoms with E-state index in [0.717, 1.165) is 34.8 Å². The first-order valence-corrected chi connectivity index (χ1v) is 6.33. The summed E-state index contributed by atoms with van der Waals surface area (Å²) >= 11 is 1.61. The largest absolute Gasteiger partial charge is 0.388 e. The molecule has 2 rings (SSSR count). The van der Waals surface area contributed by atoms with E-state index in [1.165, 1.54) is 0 Å². The van der Waals surface area contributed by atoms with Crippen molar-refractivity contribution in [1.82, 2.24) is 4.98 Å². The van der Waals surface area contributed by atoms with Crippen molar-refractivity contribution in [3.8, 4) is 0 Å². The highest BCUT2D eigenvalue weighted by molar-refractivity contribution is 7.11. The summed E-state index contributed by atoms with van der Waals surface area (Å²) in [6.07, 6.45) is 2.67. The lowest BCUT2D eigenvalue weighted by atomic mass is 10.0. The van der Waals surface area contributed by atoms with E-state index in [4.69, 9.17) is 4.74 Å². The standard InChI is InChI=1S/C11H17NO2S/c1-3-14-7(2)11-12-8-5-4-6-9(13)10(8)15-11/h7,9,13H,3-6H2,1-2H3. The SMILES string of the molecule is CCOC(C)c1nc2c(s1)C(O)CCC2. The summed E-state index contributed by atoms with van der Waals surface area (Å²) in [4.78, 5) is 5.61. The van der Waals surface area contributed by atoms with Crippen molar-refractivity contribution < 1.29 is 9.84 Å². The molecule has 1 aromatic heterocycles. The number of fused-ring (bicyclic) bond motifs is 1. The minimum absolute atomic E-state index is 0.0535. The zero-order valence-electron chi connectivity index (χ0n) is 9.19. The van der Waals surface area contributed by atoms with Crippen LogP contribution in [-0.2, 0) is 11.2 Å². The summed E-state index contributed by atoms with van der Waals surface area (Å²) in [5.41, 5.74) is 1.08. The maximum Gasteiger partial charge on any atom is 0.122 e. The Kier molecular flexibility index (Phi) is 3.38.